The molecule has 9 aromatic rings. The summed E-state index contributed by atoms with van der Waals surface area (Å²) in [6.07, 6.45) is 8.20. The van der Waals surface area contributed by atoms with E-state index in [2.05, 4.69) is 45.1 Å². The maximum atomic E-state index is 13.9. The van der Waals surface area contributed by atoms with E-state index in [1.165, 1.54) is 35.8 Å². The maximum Gasteiger partial charge on any atom is 0.434 e. The van der Waals surface area contributed by atoms with Crippen LogP contribution in [-0.2, 0) is 37.8 Å². The number of alkyl halides is 9. The first-order valence-corrected chi connectivity index (χ1v) is 31.8. The molecule has 0 spiro atoms. The number of carbonyl (C=O) groups is 3. The molecular formula is C69H64F9N13O5. The van der Waals surface area contributed by atoms with Crippen LogP contribution in [0.4, 0.5) is 39.5 Å². The molecule has 18 nitrogen and oxygen atoms in total. The Balaban J connectivity index is 0.000000130. The van der Waals surface area contributed by atoms with Crippen LogP contribution in [0.1, 0.15) is 130 Å². The first-order valence-electron chi connectivity index (χ1n) is 31.8. The second-order valence-corrected chi connectivity index (χ2v) is 25.0. The minimum absolute atomic E-state index is 0.00729. The lowest BCUT2D eigenvalue weighted by Crippen LogP contribution is -2.37. The molecule has 4 aromatic carbocycles. The minimum Gasteiger partial charge on any atom is -0.497 e. The van der Waals surface area contributed by atoms with E-state index in [9.17, 15) is 53.9 Å². The van der Waals surface area contributed by atoms with Crippen molar-refractivity contribution in [2.45, 2.75) is 139 Å². The highest BCUT2D eigenvalue weighted by Gasteiger charge is 2.52. The highest BCUT2D eigenvalue weighted by Crippen LogP contribution is 2.48. The van der Waals surface area contributed by atoms with Crippen molar-refractivity contribution < 1.29 is 63.4 Å². The quantitative estimate of drug-likeness (QED) is 0.0987. The lowest BCUT2D eigenvalue weighted by Gasteiger charge is -2.26. The van der Waals surface area contributed by atoms with Gasteiger partial charge in [0.15, 0.2) is 17.1 Å². The highest BCUT2D eigenvalue weighted by molar-refractivity contribution is 6.10. The van der Waals surface area contributed by atoms with Crippen LogP contribution in [0.3, 0.4) is 0 Å². The lowest BCUT2D eigenvalue weighted by molar-refractivity contribution is -0.142. The van der Waals surface area contributed by atoms with E-state index in [1.54, 1.807) is 37.7 Å². The number of amides is 3. The van der Waals surface area contributed by atoms with Gasteiger partial charge in [-0.25, -0.2) is 15.0 Å². The van der Waals surface area contributed by atoms with E-state index in [0.717, 1.165) is 97.9 Å². The smallest absolute Gasteiger partial charge is 0.434 e. The Morgan fingerprint density at radius 3 is 1.41 bits per heavy atom. The summed E-state index contributed by atoms with van der Waals surface area (Å²) in [5.74, 6) is 1.42. The number of nitrogens with zero attached hydrogens (tertiary/aromatic N) is 13. The number of methoxy groups -OCH3 is 1. The Labute approximate surface area is 544 Å². The van der Waals surface area contributed by atoms with Crippen molar-refractivity contribution in [2.24, 2.45) is 17.8 Å². The molecule has 0 saturated carbocycles. The van der Waals surface area contributed by atoms with Crippen molar-refractivity contribution in [2.75, 3.05) is 13.7 Å². The van der Waals surface area contributed by atoms with Crippen LogP contribution in [-0.4, -0.2) is 132 Å². The molecule has 5 aromatic heterocycles. The summed E-state index contributed by atoms with van der Waals surface area (Å²) >= 11 is 0. The molecule has 9 unspecified atom stereocenters. The molecule has 6 aliphatic heterocycles. The molecule has 6 bridgehead atoms. The van der Waals surface area contributed by atoms with Crippen LogP contribution in [0.25, 0.3) is 27.2 Å². The molecule has 0 radical (unpaired) electrons. The van der Waals surface area contributed by atoms with Crippen molar-refractivity contribution in [3.8, 4) is 17.2 Å². The normalized spacial score (nSPS) is 22.5. The van der Waals surface area contributed by atoms with E-state index in [0.29, 0.717) is 76.8 Å². The van der Waals surface area contributed by atoms with Gasteiger partial charge in [0.25, 0.3) is 17.7 Å². The van der Waals surface area contributed by atoms with Gasteiger partial charge in [0.1, 0.15) is 17.2 Å². The standard InChI is InChI=1S/C25H24F3N3O2.C22H21F3N6O2.C22H19F3N4O/c1-2-33-21-10-7-15-5-3-4-6-19(15)23(21)24(32)31-18-8-9-20(31)16(12-18)11-17-13-30-22(14-29-17)25(26,27)28;1-33-16-3-4-17(19(10-16)31-28-6-7-29-31)21(32)30-15-2-5-18(30)13(9-15)8-14-11-27-20(12-26-14)22(23,24)25;23-22(24,25)20-12-27-15(10-28-20)7-14-8-16-5-6-19(14)29(16)21(30)18-11-26-9-13-3-1-2-4-17(13)18/h3-7,10,13-14,16,18,20H,2,8-9,11-12H2,1H3;3-4,6-7,10-13,15,18H,2,5,8-9H2,1H3;1-4,9-12,14,16,19H,5-8H2. The van der Waals surface area contributed by atoms with Gasteiger partial charge in [-0.1, -0.05) is 54.6 Å². The van der Waals surface area contributed by atoms with Gasteiger partial charge in [0.05, 0.1) is 78.5 Å². The summed E-state index contributed by atoms with van der Waals surface area (Å²) in [6, 6.07) is 24.9. The van der Waals surface area contributed by atoms with Crippen LogP contribution in [0, 0.1) is 17.8 Å². The molecule has 96 heavy (non-hydrogen) atoms. The highest BCUT2D eigenvalue weighted by atomic mass is 19.4. The van der Waals surface area contributed by atoms with Crippen molar-refractivity contribution >= 4 is 39.3 Å². The third-order valence-electron chi connectivity index (χ3n) is 19.5. The van der Waals surface area contributed by atoms with Crippen molar-refractivity contribution in [3.05, 3.63) is 192 Å². The Hall–Kier alpha value is -9.69. The number of ether oxygens (including phenoxy) is 2. The average molecular weight is 1330 g/mol. The number of hydrogen-bond donors (Lipinski definition) is 0. The van der Waals surface area contributed by atoms with Crippen molar-refractivity contribution in [1.82, 2.24) is 64.6 Å². The monoisotopic (exact) mass is 1330 g/mol. The molecule has 27 heteroatoms. The number of rotatable bonds is 13. The third kappa shape index (κ3) is 13.1. The van der Waals surface area contributed by atoms with Crippen LogP contribution in [0.2, 0.25) is 0 Å². The van der Waals surface area contributed by atoms with Gasteiger partial charge >= 0.3 is 18.5 Å². The summed E-state index contributed by atoms with van der Waals surface area (Å²) in [7, 11) is 1.55. The second-order valence-electron chi connectivity index (χ2n) is 25.0. The molecule has 6 fully saturated rings. The van der Waals surface area contributed by atoms with Gasteiger partial charge in [-0.05, 0) is 136 Å². The van der Waals surface area contributed by atoms with Crippen LogP contribution >= 0.6 is 0 Å². The van der Waals surface area contributed by atoms with Crippen molar-refractivity contribution in [3.63, 3.8) is 0 Å². The Morgan fingerprint density at radius 2 is 0.948 bits per heavy atom. The van der Waals surface area contributed by atoms with Gasteiger partial charge in [-0.3, -0.25) is 34.3 Å². The number of halogens is 9. The summed E-state index contributed by atoms with van der Waals surface area (Å²) in [4.78, 5) is 74.9. The molecule has 9 atom stereocenters. The van der Waals surface area contributed by atoms with Gasteiger partial charge in [-0.15, -0.1) is 0 Å². The van der Waals surface area contributed by atoms with E-state index >= 15 is 0 Å². The molecule has 0 aliphatic carbocycles. The van der Waals surface area contributed by atoms with E-state index in [4.69, 9.17) is 9.47 Å². The van der Waals surface area contributed by atoms with E-state index in [1.807, 2.05) is 82.3 Å². The first-order chi connectivity index (χ1) is 46.1. The zero-order valence-corrected chi connectivity index (χ0v) is 51.9. The largest absolute Gasteiger partial charge is 0.497 e. The molecule has 498 valence electrons. The van der Waals surface area contributed by atoms with E-state index in [-0.39, 0.29) is 71.7 Å². The zero-order valence-electron chi connectivity index (χ0n) is 51.9. The third-order valence-corrected chi connectivity index (χ3v) is 19.5. The summed E-state index contributed by atoms with van der Waals surface area (Å²) in [5, 5.41) is 12.0. The maximum absolute atomic E-state index is 13.9. The Kier molecular flexibility index (Phi) is 17.9. The molecule has 15 rings (SSSR count). The molecule has 0 N–H and O–H groups in total. The second kappa shape index (κ2) is 26.5. The molecule has 3 amide bonds. The summed E-state index contributed by atoms with van der Waals surface area (Å²) in [6.45, 7) is 2.35. The fourth-order valence-corrected chi connectivity index (χ4v) is 15.3. The fraction of sp³-hybridized carbons (Fsp3) is 0.391. The summed E-state index contributed by atoms with van der Waals surface area (Å²) < 4.78 is 126. The van der Waals surface area contributed by atoms with Gasteiger partial charge in [-0.2, -0.15) is 54.5 Å². The average Bonchev–Trinajstić information content (AvgIpc) is 1.62. The van der Waals surface area contributed by atoms with Crippen LogP contribution in [0.15, 0.2) is 141 Å². The number of carbonyl (C=O) groups excluding carboxylic acids is 3. The number of fused-ring (bicyclic) bond motifs is 8. The predicted molar refractivity (Wildman–Crippen MR) is 330 cm³/mol. The topological polar surface area (TPSA) is 200 Å². The molecule has 11 heterocycles. The number of aromatic nitrogens is 10. The van der Waals surface area contributed by atoms with Crippen LogP contribution < -0.4 is 9.47 Å². The van der Waals surface area contributed by atoms with E-state index < -0.39 is 35.6 Å². The predicted octanol–water partition coefficient (Wildman–Crippen LogP) is 12.9. The summed E-state index contributed by atoms with van der Waals surface area (Å²) in [5.41, 5.74) is 0.748. The minimum atomic E-state index is -4.51. The SMILES string of the molecule is CCOc1ccc2ccccc2c1C(=O)N1C2CCC1C(Cc1cnc(C(F)(F)F)cn1)C2.COc1ccc(C(=O)N2C3CCC2C(Cc2cnc(C(F)(F)F)cn2)C3)c(-n2nccn2)c1.O=C(c1cncc2ccccc12)N1C2CCC1C(Cc1cnc(C(F)(F)F)cn1)C2. The van der Waals surface area contributed by atoms with Gasteiger partial charge in [0.2, 0.25) is 0 Å². The lowest BCUT2D eigenvalue weighted by atomic mass is 9.86. The molecule has 6 saturated heterocycles. The molecule has 6 aliphatic rings. The van der Waals surface area contributed by atoms with Crippen molar-refractivity contribution in [1.29, 1.82) is 0 Å². The Morgan fingerprint density at radius 1 is 0.490 bits per heavy atom. The van der Waals surface area contributed by atoms with Crippen LogP contribution in [0.5, 0.6) is 11.5 Å². The number of hydrogen-bond acceptors (Lipinski definition) is 14. The fourth-order valence-electron chi connectivity index (χ4n) is 15.3. The van der Waals surface area contributed by atoms with Gasteiger partial charge in [0, 0.05) is 78.7 Å². The Bertz CT molecular complexity index is 4290. The number of pyridine rings is 1. The number of benzene rings is 4. The zero-order chi connectivity index (χ0) is 67.2. The van der Waals surface area contributed by atoms with Gasteiger partial charge < -0.3 is 24.2 Å². The first kappa shape index (κ1) is 65.0. The molecular weight excluding hydrogens is 1260 g/mol.